The van der Waals surface area contributed by atoms with Gasteiger partial charge in [0.05, 0.1) is 27.6 Å². The van der Waals surface area contributed by atoms with Crippen molar-refractivity contribution in [2.45, 2.75) is 68.5 Å². The Morgan fingerprint density at radius 3 is 2.67 bits per heavy atom. The molecule has 2 atom stereocenters. The molecule has 15 nitrogen and oxygen atoms in total. The van der Waals surface area contributed by atoms with Gasteiger partial charge in [0.15, 0.2) is 11.4 Å². The zero-order valence-electron chi connectivity index (χ0n) is 33.3. The maximum absolute atomic E-state index is 14.0. The van der Waals surface area contributed by atoms with Crippen LogP contribution in [0.3, 0.4) is 0 Å². The van der Waals surface area contributed by atoms with E-state index in [9.17, 15) is 23.3 Å². The summed E-state index contributed by atoms with van der Waals surface area (Å²) in [6.07, 6.45) is 9.52. The molecular formula is C44H47N7O8S. The minimum atomic E-state index is -4.62. The quantitative estimate of drug-likeness (QED) is 0.0961. The summed E-state index contributed by atoms with van der Waals surface area (Å²) in [4.78, 5) is 37.6. The number of H-pyrrole nitrogens is 1. The van der Waals surface area contributed by atoms with Gasteiger partial charge in [-0.1, -0.05) is 24.3 Å². The highest BCUT2D eigenvalue weighted by Gasteiger charge is 2.55. The fraction of sp³-hybridized carbons (Fsp3) is 0.409. The SMILES string of the molecule is Cc1ccccc1[C@@H]1CCCN1C1CC2(C1)CN(c1ccc(C(=O)NS(=O)(=O)c3cc4c(c([N+](=O)[O-])c3)N[C@H](C3CCOCC3)CO4)c(Oc3cnc4[nH]ccc4c3)c1)C2. The van der Waals surface area contributed by atoms with Crippen LogP contribution in [0.15, 0.2) is 84.0 Å². The van der Waals surface area contributed by atoms with Crippen molar-refractivity contribution in [3.05, 3.63) is 106 Å². The molecule has 0 radical (unpaired) electrons. The van der Waals surface area contributed by atoms with Crippen LogP contribution in [-0.2, 0) is 14.8 Å². The van der Waals surface area contributed by atoms with Gasteiger partial charge in [-0.05, 0) is 93.3 Å². The van der Waals surface area contributed by atoms with Crippen molar-refractivity contribution in [2.24, 2.45) is 11.3 Å². The van der Waals surface area contributed by atoms with Crippen LogP contribution >= 0.6 is 0 Å². The number of likely N-dealkylation sites (tertiary alicyclic amines) is 1. The number of benzene rings is 3. The van der Waals surface area contributed by atoms with Gasteiger partial charge in [-0.15, -0.1) is 0 Å². The number of carbonyl (C=O) groups excluding carboxylic acids is 1. The highest BCUT2D eigenvalue weighted by molar-refractivity contribution is 7.90. The normalized spacial score (nSPS) is 21.7. The molecule has 60 heavy (non-hydrogen) atoms. The summed E-state index contributed by atoms with van der Waals surface area (Å²) in [6.45, 7) is 6.46. The number of aromatic nitrogens is 2. The molecule has 5 aliphatic rings. The predicted molar refractivity (Wildman–Crippen MR) is 224 cm³/mol. The number of nitro benzene ring substituents is 1. The molecule has 3 N–H and O–H groups in total. The average Bonchev–Trinajstić information content (AvgIpc) is 3.90. The number of carbonyl (C=O) groups is 1. The predicted octanol–water partition coefficient (Wildman–Crippen LogP) is 7.10. The van der Waals surface area contributed by atoms with E-state index in [4.69, 9.17) is 14.2 Å². The number of ether oxygens (including phenoxy) is 3. The molecular weight excluding hydrogens is 787 g/mol. The summed E-state index contributed by atoms with van der Waals surface area (Å²) in [5.74, 6) is -0.241. The number of aryl methyl sites for hydroxylation is 1. The summed E-state index contributed by atoms with van der Waals surface area (Å²) in [6, 6.07) is 20.5. The molecule has 4 aliphatic heterocycles. The van der Waals surface area contributed by atoms with Crippen LogP contribution < -0.4 is 24.4 Å². The van der Waals surface area contributed by atoms with E-state index in [0.717, 1.165) is 62.5 Å². The fourth-order valence-corrected chi connectivity index (χ4v) is 11.1. The highest BCUT2D eigenvalue weighted by Crippen LogP contribution is 2.54. The summed E-state index contributed by atoms with van der Waals surface area (Å²) in [5.41, 5.74) is 4.15. The zero-order chi connectivity index (χ0) is 41.2. The Kier molecular flexibility index (Phi) is 9.68. The lowest BCUT2D eigenvalue weighted by Gasteiger charge is -2.62. The molecule has 1 aliphatic carbocycles. The maximum atomic E-state index is 14.0. The number of nitrogens with zero attached hydrogens (tertiary/aromatic N) is 4. The van der Waals surface area contributed by atoms with Gasteiger partial charge in [-0.2, -0.15) is 0 Å². The van der Waals surface area contributed by atoms with Crippen LogP contribution in [0.25, 0.3) is 11.0 Å². The van der Waals surface area contributed by atoms with E-state index in [1.165, 1.54) is 36.2 Å². The topological polar surface area (TPSA) is 181 Å². The zero-order valence-corrected chi connectivity index (χ0v) is 34.1. The number of nitro groups is 1. The van der Waals surface area contributed by atoms with Gasteiger partial charge in [0.2, 0.25) is 0 Å². The van der Waals surface area contributed by atoms with Crippen molar-refractivity contribution < 1.29 is 32.3 Å². The lowest BCUT2D eigenvalue weighted by Crippen LogP contribution is -2.66. The van der Waals surface area contributed by atoms with Gasteiger partial charge >= 0.3 is 0 Å². The van der Waals surface area contributed by atoms with Gasteiger partial charge in [0, 0.05) is 79.3 Å². The number of fused-ring (bicyclic) bond motifs is 2. The molecule has 3 aromatic carbocycles. The van der Waals surface area contributed by atoms with Gasteiger partial charge < -0.3 is 29.4 Å². The lowest BCUT2D eigenvalue weighted by molar-refractivity contribution is -0.384. The Balaban J connectivity index is 0.875. The molecule has 1 amide bonds. The van der Waals surface area contributed by atoms with Crippen molar-refractivity contribution in [1.29, 1.82) is 0 Å². The van der Waals surface area contributed by atoms with Crippen LogP contribution in [0.5, 0.6) is 17.2 Å². The lowest BCUT2D eigenvalue weighted by atomic mass is 9.60. The first-order chi connectivity index (χ1) is 29.0. The second-order valence-corrected chi connectivity index (χ2v) is 18.7. The van der Waals surface area contributed by atoms with E-state index >= 15 is 0 Å². The van der Waals surface area contributed by atoms with Crippen molar-refractivity contribution in [3.63, 3.8) is 0 Å². The number of amides is 1. The number of sulfonamides is 1. The number of hydrogen-bond acceptors (Lipinski definition) is 12. The van der Waals surface area contributed by atoms with E-state index in [1.807, 2.05) is 6.07 Å². The Morgan fingerprint density at radius 1 is 1.05 bits per heavy atom. The van der Waals surface area contributed by atoms with Crippen LogP contribution in [0.4, 0.5) is 17.1 Å². The van der Waals surface area contributed by atoms with Crippen LogP contribution in [0.2, 0.25) is 0 Å². The van der Waals surface area contributed by atoms with Crippen LogP contribution in [-0.4, -0.2) is 85.7 Å². The second kappa shape index (κ2) is 15.1. The Labute approximate surface area is 347 Å². The van der Waals surface area contributed by atoms with Crippen molar-refractivity contribution in [3.8, 4) is 17.2 Å². The standard InChI is InChI=1S/C44H47N7O8S/c1-27-5-2-3-6-34(27)37-7-4-14-50(37)31-21-44(22-31)25-49(26-44)30-8-9-35(39(18-30)59-32-17-29-10-13-45-42(29)46-23-32)43(52)48-60(55,56)33-19-38(51(53)54)41-40(20-33)58-24-36(47-41)28-11-15-57-16-12-28/h2-3,5-6,8-10,13,17-20,23,28,31,36-37,47H,4,7,11-12,14-16,21-22,24-26H2,1H3,(H,45,46)(H,48,52)/t36-,37-/m0/s1. The molecule has 5 aromatic rings. The smallest absolute Gasteiger partial charge is 0.297 e. The second-order valence-electron chi connectivity index (χ2n) is 17.1. The van der Waals surface area contributed by atoms with E-state index < -0.39 is 31.4 Å². The molecule has 0 bridgehead atoms. The van der Waals surface area contributed by atoms with Crippen molar-refractivity contribution in [2.75, 3.05) is 49.7 Å². The molecule has 1 saturated carbocycles. The summed E-state index contributed by atoms with van der Waals surface area (Å²) < 4.78 is 47.5. The van der Waals surface area contributed by atoms with Crippen molar-refractivity contribution in [1.82, 2.24) is 19.6 Å². The summed E-state index contributed by atoms with van der Waals surface area (Å²) in [7, 11) is -4.62. The Morgan fingerprint density at radius 2 is 1.87 bits per heavy atom. The molecule has 10 rings (SSSR count). The van der Waals surface area contributed by atoms with Crippen LogP contribution in [0, 0.1) is 28.4 Å². The minimum absolute atomic E-state index is 0.0259. The van der Waals surface area contributed by atoms with E-state index in [0.29, 0.717) is 36.7 Å². The number of aromatic amines is 1. The van der Waals surface area contributed by atoms with Gasteiger partial charge in [0.25, 0.3) is 21.6 Å². The Hall–Kier alpha value is -5.71. The number of pyridine rings is 1. The number of rotatable bonds is 10. The summed E-state index contributed by atoms with van der Waals surface area (Å²) in [5, 5.41) is 16.3. The molecule has 0 unspecified atom stereocenters. The first kappa shape index (κ1) is 38.5. The number of hydrogen-bond donors (Lipinski definition) is 3. The van der Waals surface area contributed by atoms with Crippen molar-refractivity contribution >= 4 is 44.0 Å². The van der Waals surface area contributed by atoms with Crippen LogP contribution in [0.1, 0.15) is 66.1 Å². The fourth-order valence-electron chi connectivity index (χ4n) is 10.1. The van der Waals surface area contributed by atoms with E-state index in [-0.39, 0.29) is 46.7 Å². The molecule has 312 valence electrons. The third-order valence-electron chi connectivity index (χ3n) is 13.3. The van der Waals surface area contributed by atoms with E-state index in [1.54, 1.807) is 30.5 Å². The van der Waals surface area contributed by atoms with Gasteiger partial charge in [-0.25, -0.2) is 18.1 Å². The first-order valence-corrected chi connectivity index (χ1v) is 22.2. The minimum Gasteiger partial charge on any atom is -0.489 e. The van der Waals surface area contributed by atoms with Gasteiger partial charge in [-0.3, -0.25) is 19.8 Å². The number of nitrogens with one attached hydrogen (secondary N) is 3. The monoisotopic (exact) mass is 833 g/mol. The third kappa shape index (κ3) is 7.09. The molecule has 1 spiro atoms. The Bertz CT molecular complexity index is 2600. The molecule has 6 heterocycles. The molecule has 4 fully saturated rings. The largest absolute Gasteiger partial charge is 0.489 e. The molecule has 2 aromatic heterocycles. The van der Waals surface area contributed by atoms with E-state index in [2.05, 4.69) is 61.0 Å². The molecule has 16 heteroatoms. The average molecular weight is 834 g/mol. The first-order valence-electron chi connectivity index (χ1n) is 20.7. The number of anilines is 2. The highest BCUT2D eigenvalue weighted by atomic mass is 32.2. The summed E-state index contributed by atoms with van der Waals surface area (Å²) >= 11 is 0. The third-order valence-corrected chi connectivity index (χ3v) is 14.6. The molecule has 3 saturated heterocycles. The maximum Gasteiger partial charge on any atom is 0.297 e. The van der Waals surface area contributed by atoms with Gasteiger partial charge in [0.1, 0.15) is 23.8 Å².